The molecule has 0 aliphatic carbocycles. The van der Waals surface area contributed by atoms with Crippen molar-refractivity contribution in [3.63, 3.8) is 0 Å². The summed E-state index contributed by atoms with van der Waals surface area (Å²) in [7, 11) is 0. The van der Waals surface area contributed by atoms with E-state index in [4.69, 9.17) is 10.2 Å². The summed E-state index contributed by atoms with van der Waals surface area (Å²) < 4.78 is 6.47. The first-order valence-electron chi connectivity index (χ1n) is 4.48. The monoisotopic (exact) mass is 295 g/mol. The minimum absolute atomic E-state index is 0.501. The predicted octanol–water partition coefficient (Wildman–Crippen LogP) is 3.30. The fourth-order valence-electron chi connectivity index (χ4n) is 1.45. The Hall–Kier alpha value is -1.40. The zero-order valence-corrected chi connectivity index (χ0v) is 10.4. The number of fused-ring (bicyclic) bond motifs is 1. The van der Waals surface area contributed by atoms with Crippen LogP contribution in [-0.4, -0.2) is 9.97 Å². The van der Waals surface area contributed by atoms with Gasteiger partial charge < -0.3 is 10.2 Å². The van der Waals surface area contributed by atoms with Crippen molar-refractivity contribution in [2.45, 2.75) is 0 Å². The Morgan fingerprint density at radius 2 is 2.25 bits per heavy atom. The smallest absolute Gasteiger partial charge is 0.247 e. The fraction of sp³-hybridized carbons (Fsp3) is 0. The molecule has 1 aromatic carbocycles. The van der Waals surface area contributed by atoms with Gasteiger partial charge in [-0.15, -0.1) is 11.3 Å². The van der Waals surface area contributed by atoms with Gasteiger partial charge in [-0.25, -0.2) is 9.97 Å². The Balaban J connectivity index is 2.27. The summed E-state index contributed by atoms with van der Waals surface area (Å²) >= 11 is 4.87. The van der Waals surface area contributed by atoms with E-state index >= 15 is 0 Å². The van der Waals surface area contributed by atoms with E-state index in [1.54, 1.807) is 11.6 Å². The molecule has 4 nitrogen and oxygen atoms in total. The molecule has 0 unspecified atom stereocenters. The van der Waals surface area contributed by atoms with E-state index in [1.807, 2.05) is 11.4 Å². The van der Waals surface area contributed by atoms with Crippen LogP contribution in [0.4, 0.5) is 5.69 Å². The van der Waals surface area contributed by atoms with Crippen LogP contribution in [0, 0.1) is 0 Å². The third-order valence-electron chi connectivity index (χ3n) is 2.13. The van der Waals surface area contributed by atoms with Gasteiger partial charge in [0.15, 0.2) is 5.58 Å². The number of anilines is 1. The maximum atomic E-state index is 5.84. The Labute approximate surface area is 103 Å². The van der Waals surface area contributed by atoms with Crippen LogP contribution in [0.15, 0.2) is 31.9 Å². The number of nitrogen functional groups attached to an aromatic ring is 1. The first-order chi connectivity index (χ1) is 7.74. The topological polar surface area (TPSA) is 64.9 Å². The lowest BCUT2D eigenvalue weighted by Gasteiger charge is -1.93. The predicted molar refractivity (Wildman–Crippen MR) is 67.2 cm³/mol. The third kappa shape index (κ3) is 1.50. The summed E-state index contributed by atoms with van der Waals surface area (Å²) in [6.45, 7) is 0. The molecule has 0 bridgehead atoms. The van der Waals surface area contributed by atoms with E-state index in [-0.39, 0.29) is 0 Å². The lowest BCUT2D eigenvalue weighted by molar-refractivity contribution is 0.618. The van der Waals surface area contributed by atoms with Crippen LogP contribution in [-0.2, 0) is 0 Å². The standard InChI is InChI=1S/C10H6BrN3OS/c11-5-1-6(12)9-7(2-5)14-10(15-9)8-3-16-4-13-8/h1-4H,12H2. The second-order valence-electron chi connectivity index (χ2n) is 3.24. The second-order valence-corrected chi connectivity index (χ2v) is 4.87. The minimum Gasteiger partial charge on any atom is -0.432 e. The number of benzene rings is 1. The van der Waals surface area contributed by atoms with Gasteiger partial charge >= 0.3 is 0 Å². The van der Waals surface area contributed by atoms with Crippen molar-refractivity contribution < 1.29 is 4.42 Å². The quantitative estimate of drug-likeness (QED) is 0.700. The Kier molecular flexibility index (Phi) is 2.19. The van der Waals surface area contributed by atoms with Gasteiger partial charge in [-0.2, -0.15) is 0 Å². The number of hydrogen-bond donors (Lipinski definition) is 1. The van der Waals surface area contributed by atoms with Gasteiger partial charge in [0, 0.05) is 9.85 Å². The molecule has 0 fully saturated rings. The molecule has 2 aromatic heterocycles. The molecule has 16 heavy (non-hydrogen) atoms. The van der Waals surface area contributed by atoms with Crippen LogP contribution in [0.5, 0.6) is 0 Å². The molecule has 0 spiro atoms. The summed E-state index contributed by atoms with van der Waals surface area (Å²) in [4.78, 5) is 8.49. The maximum absolute atomic E-state index is 5.84. The zero-order chi connectivity index (χ0) is 11.1. The van der Waals surface area contributed by atoms with Gasteiger partial charge in [0.25, 0.3) is 0 Å². The van der Waals surface area contributed by atoms with Crippen LogP contribution in [0.3, 0.4) is 0 Å². The summed E-state index contributed by atoms with van der Waals surface area (Å²) in [5.41, 5.74) is 10.2. The Morgan fingerprint density at radius 1 is 1.38 bits per heavy atom. The number of hydrogen-bond acceptors (Lipinski definition) is 5. The highest BCUT2D eigenvalue weighted by Crippen LogP contribution is 2.30. The molecule has 0 atom stereocenters. The molecule has 0 radical (unpaired) electrons. The third-order valence-corrected chi connectivity index (χ3v) is 3.18. The number of nitrogens with two attached hydrogens (primary N) is 1. The minimum atomic E-state index is 0.501. The molecule has 3 aromatic rings. The van der Waals surface area contributed by atoms with E-state index in [0.29, 0.717) is 17.2 Å². The van der Waals surface area contributed by atoms with Crippen molar-refractivity contribution in [3.8, 4) is 11.6 Å². The van der Waals surface area contributed by atoms with E-state index in [9.17, 15) is 0 Å². The van der Waals surface area contributed by atoms with E-state index < -0.39 is 0 Å². The van der Waals surface area contributed by atoms with Gasteiger partial charge in [-0.05, 0) is 12.1 Å². The summed E-state index contributed by atoms with van der Waals surface area (Å²) in [6.07, 6.45) is 0. The van der Waals surface area contributed by atoms with Gasteiger partial charge in [0.05, 0.1) is 11.2 Å². The highest BCUT2D eigenvalue weighted by Gasteiger charge is 2.12. The van der Waals surface area contributed by atoms with Crippen LogP contribution >= 0.6 is 27.3 Å². The van der Waals surface area contributed by atoms with Crippen LogP contribution < -0.4 is 5.73 Å². The summed E-state index contributed by atoms with van der Waals surface area (Å²) in [5, 5.41) is 1.88. The molecule has 0 saturated heterocycles. The fourth-order valence-corrected chi connectivity index (χ4v) is 2.44. The number of thiazole rings is 1. The number of oxazole rings is 1. The normalized spacial score (nSPS) is 11.1. The zero-order valence-electron chi connectivity index (χ0n) is 7.98. The lowest BCUT2D eigenvalue weighted by Crippen LogP contribution is -1.84. The Morgan fingerprint density at radius 3 is 3.00 bits per heavy atom. The molecule has 0 aliphatic heterocycles. The molecule has 6 heteroatoms. The van der Waals surface area contributed by atoms with Crippen LogP contribution in [0.1, 0.15) is 0 Å². The average molecular weight is 296 g/mol. The first-order valence-corrected chi connectivity index (χ1v) is 6.22. The van der Waals surface area contributed by atoms with Crippen molar-refractivity contribution in [1.29, 1.82) is 0 Å². The van der Waals surface area contributed by atoms with Gasteiger partial charge in [0.1, 0.15) is 11.2 Å². The number of nitrogens with zero attached hydrogens (tertiary/aromatic N) is 2. The molecule has 0 amide bonds. The SMILES string of the molecule is Nc1cc(Br)cc2nc(-c3cscn3)oc12. The number of aromatic nitrogens is 2. The van der Waals surface area contributed by atoms with Crippen molar-refractivity contribution >= 4 is 44.1 Å². The van der Waals surface area contributed by atoms with E-state index in [0.717, 1.165) is 15.7 Å². The van der Waals surface area contributed by atoms with E-state index in [2.05, 4.69) is 25.9 Å². The molecule has 80 valence electrons. The van der Waals surface area contributed by atoms with Gasteiger partial charge in [0.2, 0.25) is 5.89 Å². The molecule has 0 saturated carbocycles. The molecule has 3 rings (SSSR count). The van der Waals surface area contributed by atoms with Crippen molar-refractivity contribution in [1.82, 2.24) is 9.97 Å². The van der Waals surface area contributed by atoms with Crippen LogP contribution in [0.25, 0.3) is 22.7 Å². The van der Waals surface area contributed by atoms with Gasteiger partial charge in [-0.1, -0.05) is 15.9 Å². The molecule has 2 N–H and O–H groups in total. The first kappa shape index (κ1) is 9.80. The largest absolute Gasteiger partial charge is 0.432 e. The van der Waals surface area contributed by atoms with Crippen molar-refractivity contribution in [2.24, 2.45) is 0 Å². The second kappa shape index (κ2) is 3.57. The molecule has 2 heterocycles. The number of halogens is 1. The van der Waals surface area contributed by atoms with Crippen molar-refractivity contribution in [2.75, 3.05) is 5.73 Å². The number of rotatable bonds is 1. The molecule has 0 aliphatic rings. The van der Waals surface area contributed by atoms with E-state index in [1.165, 1.54) is 11.3 Å². The van der Waals surface area contributed by atoms with Crippen LogP contribution in [0.2, 0.25) is 0 Å². The highest BCUT2D eigenvalue weighted by atomic mass is 79.9. The highest BCUT2D eigenvalue weighted by molar-refractivity contribution is 9.10. The van der Waals surface area contributed by atoms with Crippen molar-refractivity contribution in [3.05, 3.63) is 27.5 Å². The summed E-state index contributed by atoms with van der Waals surface area (Å²) in [6, 6.07) is 3.66. The average Bonchev–Trinajstić information content (AvgIpc) is 2.82. The molecular weight excluding hydrogens is 290 g/mol. The maximum Gasteiger partial charge on any atom is 0.247 e. The lowest BCUT2D eigenvalue weighted by atomic mass is 10.3. The molecular formula is C10H6BrN3OS. The summed E-state index contributed by atoms with van der Waals surface area (Å²) in [5.74, 6) is 0.501. The Bertz CT molecular complexity index is 647. The van der Waals surface area contributed by atoms with Gasteiger partial charge in [-0.3, -0.25) is 0 Å².